The van der Waals surface area contributed by atoms with Crippen LogP contribution < -0.4 is 5.32 Å². The molecule has 1 aliphatic rings. The number of carbonyl (C=O) groups excluding carboxylic acids is 2. The Morgan fingerprint density at radius 1 is 1.40 bits per heavy atom. The fourth-order valence-electron chi connectivity index (χ4n) is 1.46. The summed E-state index contributed by atoms with van der Waals surface area (Å²) in [5.74, 6) is -1.22. The van der Waals surface area contributed by atoms with Crippen LogP contribution >= 0.6 is 0 Å². The summed E-state index contributed by atoms with van der Waals surface area (Å²) in [6.07, 6.45) is -0.309. The second-order valence-electron chi connectivity index (χ2n) is 4.80. The molecular weight excluding hydrogens is 198 g/mol. The van der Waals surface area contributed by atoms with E-state index in [1.54, 1.807) is 13.8 Å². The van der Waals surface area contributed by atoms with Crippen LogP contribution in [0.1, 0.15) is 27.7 Å². The minimum Gasteiger partial charge on any atom is -0.350 e. The van der Waals surface area contributed by atoms with Crippen LogP contribution in [-0.2, 0) is 19.1 Å². The van der Waals surface area contributed by atoms with E-state index in [1.807, 2.05) is 13.8 Å². The van der Waals surface area contributed by atoms with Gasteiger partial charge in [0.2, 0.25) is 6.41 Å². The maximum absolute atomic E-state index is 11.6. The van der Waals surface area contributed by atoms with Crippen molar-refractivity contribution in [1.29, 1.82) is 0 Å². The van der Waals surface area contributed by atoms with Crippen LogP contribution in [0, 0.1) is 5.41 Å². The lowest BCUT2D eigenvalue weighted by Gasteiger charge is -2.44. The zero-order valence-electron chi connectivity index (χ0n) is 9.49. The standard InChI is InChI=1S/C10H17NO4/c1-9(2)5-14-10(3,4)15-7(9)8(13)11-6-12/h6-7H,5H2,1-4H3,(H,11,12,13)/t7-/m0/s1. The van der Waals surface area contributed by atoms with Gasteiger partial charge in [-0.25, -0.2) is 0 Å². The maximum Gasteiger partial charge on any atom is 0.256 e. The van der Waals surface area contributed by atoms with E-state index in [0.29, 0.717) is 13.0 Å². The van der Waals surface area contributed by atoms with Crippen molar-refractivity contribution >= 4 is 12.3 Å². The van der Waals surface area contributed by atoms with Crippen LogP contribution in [0.25, 0.3) is 0 Å². The second-order valence-corrected chi connectivity index (χ2v) is 4.80. The molecule has 1 rings (SSSR count). The number of rotatable bonds is 2. The third kappa shape index (κ3) is 2.76. The van der Waals surface area contributed by atoms with Crippen molar-refractivity contribution in [2.75, 3.05) is 6.61 Å². The van der Waals surface area contributed by atoms with Gasteiger partial charge < -0.3 is 9.47 Å². The number of carbonyl (C=O) groups is 2. The summed E-state index contributed by atoms with van der Waals surface area (Å²) in [6, 6.07) is 0. The molecule has 0 radical (unpaired) electrons. The first-order valence-corrected chi connectivity index (χ1v) is 4.84. The van der Waals surface area contributed by atoms with E-state index < -0.39 is 23.2 Å². The number of imide groups is 1. The van der Waals surface area contributed by atoms with Gasteiger partial charge in [-0.05, 0) is 13.8 Å². The highest BCUT2D eigenvalue weighted by atomic mass is 16.7. The van der Waals surface area contributed by atoms with Gasteiger partial charge in [0.1, 0.15) is 6.10 Å². The number of hydrogen-bond donors (Lipinski definition) is 1. The molecule has 0 aromatic carbocycles. The fraction of sp³-hybridized carbons (Fsp3) is 0.800. The largest absolute Gasteiger partial charge is 0.350 e. The molecule has 1 fully saturated rings. The topological polar surface area (TPSA) is 64.6 Å². The Hall–Kier alpha value is -0.940. The number of hydrogen-bond acceptors (Lipinski definition) is 4. The van der Waals surface area contributed by atoms with Crippen LogP contribution in [0.2, 0.25) is 0 Å². The molecule has 2 amide bonds. The van der Waals surface area contributed by atoms with Crippen molar-refractivity contribution in [2.24, 2.45) is 5.41 Å². The SMILES string of the molecule is CC1(C)OCC(C)(C)[C@H](C(=O)NC=O)O1. The summed E-state index contributed by atoms with van der Waals surface area (Å²) in [6.45, 7) is 7.61. The Kier molecular flexibility index (Phi) is 3.16. The third-order valence-corrected chi connectivity index (χ3v) is 2.34. The summed E-state index contributed by atoms with van der Waals surface area (Å²) in [4.78, 5) is 21.8. The van der Waals surface area contributed by atoms with Crippen LogP contribution in [0.15, 0.2) is 0 Å². The van der Waals surface area contributed by atoms with Gasteiger partial charge in [0.25, 0.3) is 5.91 Å². The first kappa shape index (κ1) is 12.1. The first-order chi connectivity index (χ1) is 6.78. The Balaban J connectivity index is 2.81. The quantitative estimate of drug-likeness (QED) is 0.679. The summed E-state index contributed by atoms with van der Waals surface area (Å²) < 4.78 is 11.0. The average molecular weight is 215 g/mol. The number of ether oxygens (including phenoxy) is 2. The highest BCUT2D eigenvalue weighted by Crippen LogP contribution is 2.34. The minimum atomic E-state index is -0.791. The van der Waals surface area contributed by atoms with Crippen LogP contribution in [0.4, 0.5) is 0 Å². The van der Waals surface area contributed by atoms with Crippen LogP contribution in [-0.4, -0.2) is 30.8 Å². The highest BCUT2D eigenvalue weighted by Gasteiger charge is 2.45. The highest BCUT2D eigenvalue weighted by molar-refractivity contribution is 5.89. The number of nitrogens with one attached hydrogen (secondary N) is 1. The summed E-state index contributed by atoms with van der Waals surface area (Å²) in [7, 11) is 0. The molecule has 1 aliphatic heterocycles. The first-order valence-electron chi connectivity index (χ1n) is 4.84. The molecule has 15 heavy (non-hydrogen) atoms. The molecule has 0 saturated carbocycles. The molecule has 0 bridgehead atoms. The molecule has 0 unspecified atom stereocenters. The molecule has 0 aliphatic carbocycles. The molecule has 0 aromatic heterocycles. The Bertz CT molecular complexity index is 273. The Morgan fingerprint density at radius 2 is 2.00 bits per heavy atom. The number of amides is 2. The van der Waals surface area contributed by atoms with Crippen molar-refractivity contribution in [2.45, 2.75) is 39.6 Å². The summed E-state index contributed by atoms with van der Waals surface area (Å²) in [5.41, 5.74) is -0.442. The molecule has 86 valence electrons. The van der Waals surface area contributed by atoms with Gasteiger partial charge in [-0.1, -0.05) is 13.8 Å². The third-order valence-electron chi connectivity index (χ3n) is 2.34. The predicted octanol–water partition coefficient (Wildman–Crippen LogP) is 0.437. The van der Waals surface area contributed by atoms with Crippen molar-refractivity contribution in [3.05, 3.63) is 0 Å². The Morgan fingerprint density at radius 3 is 2.53 bits per heavy atom. The Labute approximate surface area is 89.1 Å². The van der Waals surface area contributed by atoms with Gasteiger partial charge >= 0.3 is 0 Å². The smallest absolute Gasteiger partial charge is 0.256 e. The predicted molar refractivity (Wildman–Crippen MR) is 52.9 cm³/mol. The average Bonchev–Trinajstić information content (AvgIpc) is 2.10. The normalized spacial score (nSPS) is 28.1. The van der Waals surface area contributed by atoms with E-state index in [1.165, 1.54) is 0 Å². The summed E-state index contributed by atoms with van der Waals surface area (Å²) >= 11 is 0. The summed E-state index contributed by atoms with van der Waals surface area (Å²) in [5, 5.41) is 2.11. The van der Waals surface area contributed by atoms with Gasteiger partial charge in [0, 0.05) is 5.41 Å². The van der Waals surface area contributed by atoms with Gasteiger partial charge in [-0.3, -0.25) is 14.9 Å². The zero-order chi connectivity index (χ0) is 11.7. The van der Waals surface area contributed by atoms with Gasteiger partial charge in [0.05, 0.1) is 6.61 Å². The molecule has 5 nitrogen and oxygen atoms in total. The molecule has 0 spiro atoms. The maximum atomic E-state index is 11.6. The fourth-order valence-corrected chi connectivity index (χ4v) is 1.46. The molecule has 0 aromatic rings. The van der Waals surface area contributed by atoms with Crippen molar-refractivity contribution in [1.82, 2.24) is 5.32 Å². The second kappa shape index (κ2) is 3.90. The molecule has 5 heteroatoms. The van der Waals surface area contributed by atoms with Crippen LogP contribution in [0.3, 0.4) is 0 Å². The van der Waals surface area contributed by atoms with Gasteiger partial charge in [0.15, 0.2) is 5.79 Å². The van der Waals surface area contributed by atoms with Crippen molar-refractivity contribution in [3.63, 3.8) is 0 Å². The van der Waals surface area contributed by atoms with Gasteiger partial charge in [-0.2, -0.15) is 0 Å². The van der Waals surface area contributed by atoms with Crippen molar-refractivity contribution < 1.29 is 19.1 Å². The van der Waals surface area contributed by atoms with E-state index in [4.69, 9.17) is 9.47 Å². The molecule has 1 N–H and O–H groups in total. The monoisotopic (exact) mass is 215 g/mol. The minimum absolute atomic E-state index is 0.365. The zero-order valence-corrected chi connectivity index (χ0v) is 9.49. The van der Waals surface area contributed by atoms with Crippen molar-refractivity contribution in [3.8, 4) is 0 Å². The van der Waals surface area contributed by atoms with E-state index in [0.717, 1.165) is 0 Å². The van der Waals surface area contributed by atoms with Gasteiger partial charge in [-0.15, -0.1) is 0 Å². The molecular formula is C10H17NO4. The lowest BCUT2D eigenvalue weighted by Crippen LogP contribution is -2.56. The lowest BCUT2D eigenvalue weighted by atomic mass is 9.85. The molecule has 1 saturated heterocycles. The molecule has 1 heterocycles. The lowest BCUT2D eigenvalue weighted by molar-refractivity contribution is -0.304. The van der Waals surface area contributed by atoms with Crippen LogP contribution in [0.5, 0.6) is 0 Å². The van der Waals surface area contributed by atoms with E-state index in [2.05, 4.69) is 5.32 Å². The van der Waals surface area contributed by atoms with E-state index in [-0.39, 0.29) is 0 Å². The van der Waals surface area contributed by atoms with E-state index in [9.17, 15) is 9.59 Å². The molecule has 1 atom stereocenters. The van der Waals surface area contributed by atoms with E-state index >= 15 is 0 Å².